The first-order chi connectivity index (χ1) is 8.84. The molecule has 0 aliphatic heterocycles. The van der Waals surface area contributed by atoms with Gasteiger partial charge >= 0.3 is 0 Å². The summed E-state index contributed by atoms with van der Waals surface area (Å²) in [5.74, 6) is 0. The molecule has 19 heavy (non-hydrogen) atoms. The summed E-state index contributed by atoms with van der Waals surface area (Å²) in [5, 5.41) is 12.5. The molecule has 0 aliphatic carbocycles. The van der Waals surface area contributed by atoms with Crippen LogP contribution in [0.5, 0.6) is 0 Å². The topological polar surface area (TPSA) is 75.8 Å². The molecule has 1 heterocycles. The molecular formula is C11H7BrClN3O2S. The lowest BCUT2D eigenvalue weighted by atomic mass is 10.2. The first-order valence-corrected chi connectivity index (χ1v) is 8.14. The maximum atomic E-state index is 11.6. The average molecular weight is 361 g/mol. The Kier molecular flexibility index (Phi) is 3.67. The number of hydrogen-bond acceptors (Lipinski definition) is 4. The number of nitrogens with zero attached hydrogens (tertiary/aromatic N) is 3. The number of benzene rings is 1. The highest BCUT2D eigenvalue weighted by atomic mass is 79.9. The van der Waals surface area contributed by atoms with Gasteiger partial charge in [-0.3, -0.25) is 0 Å². The lowest BCUT2D eigenvalue weighted by molar-refractivity contribution is 0.599. The minimum absolute atomic E-state index is 0.0858. The van der Waals surface area contributed by atoms with Gasteiger partial charge in [-0.25, -0.2) is 13.1 Å². The summed E-state index contributed by atoms with van der Waals surface area (Å²) in [6, 6.07) is 7.02. The predicted molar refractivity (Wildman–Crippen MR) is 73.8 cm³/mol. The van der Waals surface area contributed by atoms with Crippen molar-refractivity contribution >= 4 is 35.7 Å². The van der Waals surface area contributed by atoms with Gasteiger partial charge in [0.2, 0.25) is 0 Å². The predicted octanol–water partition coefficient (Wildman–Crippen LogP) is 2.74. The molecule has 2 rings (SSSR count). The van der Waals surface area contributed by atoms with Crippen LogP contribution in [0.4, 0.5) is 0 Å². The largest absolute Gasteiger partial charge is 0.280 e. The lowest BCUT2D eigenvalue weighted by Crippen LogP contribution is -2.07. The average Bonchev–Trinajstić information content (AvgIpc) is 2.72. The van der Waals surface area contributed by atoms with Crippen molar-refractivity contribution < 1.29 is 8.42 Å². The highest BCUT2D eigenvalue weighted by Gasteiger charge is 2.24. The molecule has 8 heteroatoms. The molecular weight excluding hydrogens is 354 g/mol. The van der Waals surface area contributed by atoms with Crippen LogP contribution in [0.2, 0.25) is 0 Å². The van der Waals surface area contributed by atoms with Crippen LogP contribution >= 0.6 is 26.6 Å². The fourth-order valence-corrected chi connectivity index (χ4v) is 3.31. The van der Waals surface area contributed by atoms with Crippen LogP contribution < -0.4 is 0 Å². The Labute approximate surface area is 123 Å². The molecule has 0 aliphatic rings. The summed E-state index contributed by atoms with van der Waals surface area (Å²) in [6.07, 6.45) is 1.18. The van der Waals surface area contributed by atoms with Crippen molar-refractivity contribution in [2.45, 2.75) is 11.9 Å². The second kappa shape index (κ2) is 4.96. The summed E-state index contributed by atoms with van der Waals surface area (Å²) in [6.45, 7) is 1.80. The smallest absolute Gasteiger partial charge is 0.219 e. The van der Waals surface area contributed by atoms with E-state index in [0.717, 1.165) is 14.7 Å². The Hall–Kier alpha value is -1.36. The second-order valence-corrected chi connectivity index (χ2v) is 7.15. The minimum atomic E-state index is -4.07. The van der Waals surface area contributed by atoms with Crippen molar-refractivity contribution in [2.24, 2.45) is 0 Å². The van der Waals surface area contributed by atoms with Gasteiger partial charge in [-0.2, -0.15) is 10.4 Å². The van der Waals surface area contributed by atoms with E-state index in [1.54, 1.807) is 25.1 Å². The van der Waals surface area contributed by atoms with Crippen LogP contribution in [0.25, 0.3) is 5.69 Å². The standard InChI is InChI=1S/C11H7BrClN3O2S/c1-7-4-9(12)2-3-10(7)16-11(19(13,17)18)8(5-14)6-15-16/h2-4,6H,1H3. The molecule has 1 aromatic heterocycles. The van der Waals surface area contributed by atoms with Gasteiger partial charge in [0.25, 0.3) is 9.05 Å². The summed E-state index contributed by atoms with van der Waals surface area (Å²) in [5.41, 5.74) is 1.25. The third-order valence-electron chi connectivity index (χ3n) is 2.46. The molecule has 0 bridgehead atoms. The van der Waals surface area contributed by atoms with E-state index in [4.69, 9.17) is 15.9 Å². The Morgan fingerprint density at radius 1 is 1.47 bits per heavy atom. The number of halogens is 2. The minimum Gasteiger partial charge on any atom is -0.219 e. The van der Waals surface area contributed by atoms with E-state index in [0.29, 0.717) is 5.69 Å². The Bertz CT molecular complexity index is 793. The van der Waals surface area contributed by atoms with Crippen LogP contribution in [-0.4, -0.2) is 18.2 Å². The SMILES string of the molecule is Cc1cc(Br)ccc1-n1ncc(C#N)c1S(=O)(=O)Cl. The lowest BCUT2D eigenvalue weighted by Gasteiger charge is -2.09. The van der Waals surface area contributed by atoms with Gasteiger partial charge in [0.05, 0.1) is 11.9 Å². The molecule has 0 N–H and O–H groups in total. The summed E-state index contributed by atoms with van der Waals surface area (Å²) in [7, 11) is 1.30. The van der Waals surface area contributed by atoms with Crippen LogP contribution in [0, 0.1) is 18.3 Å². The Morgan fingerprint density at radius 3 is 2.68 bits per heavy atom. The molecule has 98 valence electrons. The quantitative estimate of drug-likeness (QED) is 0.772. The summed E-state index contributed by atoms with van der Waals surface area (Å²) in [4.78, 5) is 0. The number of nitriles is 1. The fraction of sp³-hybridized carbons (Fsp3) is 0.0909. The second-order valence-electron chi connectivity index (χ2n) is 3.76. The molecule has 0 radical (unpaired) electrons. The fourth-order valence-electron chi connectivity index (χ4n) is 1.68. The van der Waals surface area contributed by atoms with Crippen LogP contribution in [0.3, 0.4) is 0 Å². The highest BCUT2D eigenvalue weighted by molar-refractivity contribution is 9.10. The van der Waals surface area contributed by atoms with Crippen molar-refractivity contribution in [1.29, 1.82) is 5.26 Å². The van der Waals surface area contributed by atoms with E-state index in [1.165, 1.54) is 6.20 Å². The normalized spacial score (nSPS) is 11.3. The number of aromatic nitrogens is 2. The van der Waals surface area contributed by atoms with Crippen molar-refractivity contribution in [3.63, 3.8) is 0 Å². The van der Waals surface area contributed by atoms with Crippen molar-refractivity contribution in [3.8, 4) is 11.8 Å². The third-order valence-corrected chi connectivity index (χ3v) is 4.25. The molecule has 0 unspecified atom stereocenters. The van der Waals surface area contributed by atoms with E-state index < -0.39 is 9.05 Å². The van der Waals surface area contributed by atoms with Crippen molar-refractivity contribution in [3.05, 3.63) is 40.0 Å². The zero-order valence-corrected chi connectivity index (χ0v) is 12.8. The molecule has 1 aromatic carbocycles. The molecule has 5 nitrogen and oxygen atoms in total. The van der Waals surface area contributed by atoms with Crippen molar-refractivity contribution in [2.75, 3.05) is 0 Å². The van der Waals surface area contributed by atoms with Gasteiger partial charge in [0.15, 0.2) is 5.03 Å². The molecule has 0 fully saturated rings. The molecule has 0 saturated carbocycles. The zero-order chi connectivity index (χ0) is 14.2. The zero-order valence-electron chi connectivity index (χ0n) is 9.63. The summed E-state index contributed by atoms with van der Waals surface area (Å²) >= 11 is 3.32. The van der Waals surface area contributed by atoms with Crippen LogP contribution in [0.1, 0.15) is 11.1 Å². The third kappa shape index (κ3) is 2.66. The number of aryl methyl sites for hydroxylation is 1. The molecule has 0 atom stereocenters. The molecule has 2 aromatic rings. The van der Waals surface area contributed by atoms with Gasteiger partial charge < -0.3 is 0 Å². The highest BCUT2D eigenvalue weighted by Crippen LogP contribution is 2.26. The van der Waals surface area contributed by atoms with Gasteiger partial charge in [-0.15, -0.1) is 0 Å². The number of hydrogen-bond donors (Lipinski definition) is 0. The van der Waals surface area contributed by atoms with E-state index in [9.17, 15) is 8.42 Å². The van der Waals surface area contributed by atoms with Gasteiger partial charge in [-0.1, -0.05) is 15.9 Å². The Balaban J connectivity index is 2.78. The maximum Gasteiger partial charge on any atom is 0.280 e. The van der Waals surface area contributed by atoms with E-state index in [1.807, 2.05) is 6.07 Å². The molecule has 0 saturated heterocycles. The Morgan fingerprint density at radius 2 is 2.16 bits per heavy atom. The van der Waals surface area contributed by atoms with Gasteiger partial charge in [-0.05, 0) is 30.7 Å². The number of rotatable bonds is 2. The van der Waals surface area contributed by atoms with Crippen LogP contribution in [0.15, 0.2) is 33.9 Å². The van der Waals surface area contributed by atoms with E-state index >= 15 is 0 Å². The molecule has 0 spiro atoms. The first kappa shape index (κ1) is 14.1. The monoisotopic (exact) mass is 359 g/mol. The van der Waals surface area contributed by atoms with Crippen LogP contribution in [-0.2, 0) is 9.05 Å². The van der Waals surface area contributed by atoms with Gasteiger partial charge in [0.1, 0.15) is 11.6 Å². The first-order valence-electron chi connectivity index (χ1n) is 5.04. The summed E-state index contributed by atoms with van der Waals surface area (Å²) < 4.78 is 25.2. The maximum absolute atomic E-state index is 11.6. The van der Waals surface area contributed by atoms with E-state index in [-0.39, 0.29) is 10.6 Å². The van der Waals surface area contributed by atoms with Crippen molar-refractivity contribution in [1.82, 2.24) is 9.78 Å². The molecule has 0 amide bonds. The van der Waals surface area contributed by atoms with E-state index in [2.05, 4.69) is 21.0 Å². The van der Waals surface area contributed by atoms with Gasteiger partial charge in [0, 0.05) is 15.2 Å².